The average Bonchev–Trinajstić information content (AvgIpc) is 2.72. The average molecular weight is 294 g/mol. The van der Waals surface area contributed by atoms with Gasteiger partial charge in [0.2, 0.25) is 0 Å². The number of hydrogen-bond donors (Lipinski definition) is 1. The molecule has 0 saturated heterocycles. The molecule has 2 nitrogen and oxygen atoms in total. The first-order valence-corrected chi connectivity index (χ1v) is 5.53. The molecule has 0 aliphatic carbocycles. The van der Waals surface area contributed by atoms with Crippen LogP contribution in [0.25, 0.3) is 0 Å². The lowest BCUT2D eigenvalue weighted by Gasteiger charge is -2.13. The second kappa shape index (κ2) is 4.86. The Labute approximate surface area is 110 Å². The Morgan fingerprint density at radius 3 is 2.37 bits per heavy atom. The van der Waals surface area contributed by atoms with E-state index in [1.165, 1.54) is 12.3 Å². The van der Waals surface area contributed by atoms with Crippen molar-refractivity contribution in [2.24, 2.45) is 5.73 Å². The minimum Gasteiger partial charge on any atom is -0.453 e. The minimum atomic E-state index is -4.74. The SMILES string of the molecule is NC(c1ccc(C(F)(F)F)c(F)c1)c1ccoc1Cl. The highest BCUT2D eigenvalue weighted by atomic mass is 35.5. The molecule has 0 aliphatic rings. The third-order valence-corrected chi connectivity index (χ3v) is 2.95. The maximum Gasteiger partial charge on any atom is 0.419 e. The summed E-state index contributed by atoms with van der Waals surface area (Å²) in [6.45, 7) is 0. The highest BCUT2D eigenvalue weighted by Crippen LogP contribution is 2.34. The van der Waals surface area contributed by atoms with Gasteiger partial charge in [-0.15, -0.1) is 0 Å². The molecule has 1 heterocycles. The fourth-order valence-corrected chi connectivity index (χ4v) is 1.89. The molecular formula is C12H8ClF4NO. The first kappa shape index (κ1) is 13.9. The van der Waals surface area contributed by atoms with E-state index in [0.29, 0.717) is 11.6 Å². The molecule has 0 saturated carbocycles. The fraction of sp³-hybridized carbons (Fsp3) is 0.167. The van der Waals surface area contributed by atoms with E-state index in [9.17, 15) is 17.6 Å². The molecule has 1 atom stereocenters. The maximum atomic E-state index is 13.4. The smallest absolute Gasteiger partial charge is 0.419 e. The standard InChI is InChI=1S/C12H8ClF4NO/c13-11-7(3-4-19-11)10(18)6-1-2-8(9(14)5-6)12(15,16)17/h1-5,10H,18H2. The van der Waals surface area contributed by atoms with Gasteiger partial charge in [0.25, 0.3) is 0 Å². The lowest BCUT2D eigenvalue weighted by molar-refractivity contribution is -0.140. The molecule has 0 fully saturated rings. The molecule has 2 aromatic rings. The highest BCUT2D eigenvalue weighted by molar-refractivity contribution is 6.29. The Morgan fingerprint density at radius 1 is 1.21 bits per heavy atom. The van der Waals surface area contributed by atoms with Gasteiger partial charge in [0.15, 0.2) is 5.22 Å². The molecule has 0 radical (unpaired) electrons. The molecule has 0 aliphatic heterocycles. The van der Waals surface area contributed by atoms with E-state index in [-0.39, 0.29) is 10.8 Å². The Balaban J connectivity index is 2.38. The number of nitrogens with two attached hydrogens (primary N) is 1. The quantitative estimate of drug-likeness (QED) is 0.845. The van der Waals surface area contributed by atoms with Crippen LogP contribution in [0.4, 0.5) is 17.6 Å². The molecule has 102 valence electrons. The van der Waals surface area contributed by atoms with Gasteiger partial charge >= 0.3 is 6.18 Å². The summed E-state index contributed by atoms with van der Waals surface area (Å²) in [6.07, 6.45) is -3.45. The summed E-state index contributed by atoms with van der Waals surface area (Å²) in [5.74, 6) is -1.37. The van der Waals surface area contributed by atoms with Crippen molar-refractivity contribution in [3.05, 3.63) is 58.3 Å². The molecule has 7 heteroatoms. The van der Waals surface area contributed by atoms with Gasteiger partial charge in [-0.1, -0.05) is 6.07 Å². The first-order chi connectivity index (χ1) is 8.80. The summed E-state index contributed by atoms with van der Waals surface area (Å²) in [5, 5.41) is 0.0211. The summed E-state index contributed by atoms with van der Waals surface area (Å²) in [4.78, 5) is 0. The molecule has 0 amide bonds. The molecule has 0 bridgehead atoms. The van der Waals surface area contributed by atoms with Crippen LogP contribution in [0.2, 0.25) is 5.22 Å². The lowest BCUT2D eigenvalue weighted by Crippen LogP contribution is -2.14. The number of hydrogen-bond acceptors (Lipinski definition) is 2. The van der Waals surface area contributed by atoms with Crippen LogP contribution >= 0.6 is 11.6 Å². The second-order valence-corrected chi connectivity index (χ2v) is 4.21. The van der Waals surface area contributed by atoms with Crippen molar-refractivity contribution in [1.29, 1.82) is 0 Å². The summed E-state index contributed by atoms with van der Waals surface area (Å²) >= 11 is 5.71. The van der Waals surface area contributed by atoms with E-state index >= 15 is 0 Å². The Hall–Kier alpha value is -1.53. The summed E-state index contributed by atoms with van der Waals surface area (Å²) < 4.78 is 55.5. The topological polar surface area (TPSA) is 39.2 Å². The number of rotatable bonds is 2. The molecule has 2 rings (SSSR count). The van der Waals surface area contributed by atoms with Gasteiger partial charge < -0.3 is 10.2 Å². The molecular weight excluding hydrogens is 286 g/mol. The fourth-order valence-electron chi connectivity index (χ4n) is 1.66. The van der Waals surface area contributed by atoms with Crippen LogP contribution in [0.3, 0.4) is 0 Å². The largest absolute Gasteiger partial charge is 0.453 e. The van der Waals surface area contributed by atoms with Crippen molar-refractivity contribution in [1.82, 2.24) is 0 Å². The summed E-state index contributed by atoms with van der Waals surface area (Å²) in [6, 6.07) is 3.13. The third-order valence-electron chi connectivity index (χ3n) is 2.64. The zero-order chi connectivity index (χ0) is 14.2. The predicted molar refractivity (Wildman–Crippen MR) is 61.2 cm³/mol. The number of halogens is 5. The molecule has 2 N–H and O–H groups in total. The maximum absolute atomic E-state index is 13.4. The van der Waals surface area contributed by atoms with Crippen LogP contribution < -0.4 is 5.73 Å². The molecule has 19 heavy (non-hydrogen) atoms. The van der Waals surface area contributed by atoms with E-state index in [2.05, 4.69) is 0 Å². The van der Waals surface area contributed by atoms with E-state index < -0.39 is 23.6 Å². The van der Waals surface area contributed by atoms with Crippen molar-refractivity contribution >= 4 is 11.6 Å². The molecule has 0 spiro atoms. The first-order valence-electron chi connectivity index (χ1n) is 5.16. The van der Waals surface area contributed by atoms with Crippen molar-refractivity contribution < 1.29 is 22.0 Å². The Morgan fingerprint density at radius 2 is 1.89 bits per heavy atom. The van der Waals surface area contributed by atoms with Crippen LogP contribution in [0.15, 0.2) is 34.9 Å². The number of alkyl halides is 3. The van der Waals surface area contributed by atoms with Gasteiger partial charge in [-0.3, -0.25) is 0 Å². The van der Waals surface area contributed by atoms with Gasteiger partial charge in [0.05, 0.1) is 17.9 Å². The van der Waals surface area contributed by atoms with E-state index in [4.69, 9.17) is 21.8 Å². The predicted octanol–water partition coefficient (Wildman–Crippen LogP) is 4.14. The zero-order valence-corrected chi connectivity index (χ0v) is 10.1. The minimum absolute atomic E-state index is 0.0211. The van der Waals surface area contributed by atoms with Crippen molar-refractivity contribution in [3.8, 4) is 0 Å². The van der Waals surface area contributed by atoms with Gasteiger partial charge in [0, 0.05) is 5.56 Å². The monoisotopic (exact) mass is 293 g/mol. The van der Waals surface area contributed by atoms with Crippen LogP contribution in [0, 0.1) is 5.82 Å². The molecule has 1 aromatic carbocycles. The van der Waals surface area contributed by atoms with Gasteiger partial charge in [-0.2, -0.15) is 13.2 Å². The van der Waals surface area contributed by atoms with Crippen LogP contribution in [-0.2, 0) is 6.18 Å². The van der Waals surface area contributed by atoms with Crippen LogP contribution in [0.5, 0.6) is 0 Å². The Bertz CT molecular complexity index is 594. The van der Waals surface area contributed by atoms with E-state index in [1.54, 1.807) is 0 Å². The highest BCUT2D eigenvalue weighted by Gasteiger charge is 2.34. The zero-order valence-electron chi connectivity index (χ0n) is 9.34. The number of furan rings is 1. The van der Waals surface area contributed by atoms with Crippen molar-refractivity contribution in [3.63, 3.8) is 0 Å². The van der Waals surface area contributed by atoms with Gasteiger partial charge in [-0.05, 0) is 35.4 Å². The van der Waals surface area contributed by atoms with E-state index in [1.807, 2.05) is 0 Å². The van der Waals surface area contributed by atoms with Gasteiger partial charge in [0.1, 0.15) is 5.82 Å². The Kier molecular flexibility index (Phi) is 3.56. The lowest BCUT2D eigenvalue weighted by atomic mass is 10.0. The molecule has 1 aromatic heterocycles. The number of benzene rings is 1. The normalized spacial score (nSPS) is 13.6. The second-order valence-electron chi connectivity index (χ2n) is 3.86. The van der Waals surface area contributed by atoms with Gasteiger partial charge in [-0.25, -0.2) is 4.39 Å². The van der Waals surface area contributed by atoms with Crippen molar-refractivity contribution in [2.45, 2.75) is 12.2 Å². The third kappa shape index (κ3) is 2.74. The molecule has 1 unspecified atom stereocenters. The van der Waals surface area contributed by atoms with Crippen molar-refractivity contribution in [2.75, 3.05) is 0 Å². The summed E-state index contributed by atoms with van der Waals surface area (Å²) in [7, 11) is 0. The van der Waals surface area contributed by atoms with Crippen LogP contribution in [-0.4, -0.2) is 0 Å². The van der Waals surface area contributed by atoms with E-state index in [0.717, 1.165) is 12.1 Å². The van der Waals surface area contributed by atoms with Crippen LogP contribution in [0.1, 0.15) is 22.7 Å². The summed E-state index contributed by atoms with van der Waals surface area (Å²) in [5.41, 5.74) is 5.02.